The van der Waals surface area contributed by atoms with Gasteiger partial charge in [0.15, 0.2) is 6.20 Å². The van der Waals surface area contributed by atoms with Crippen molar-refractivity contribution >= 4 is 5.97 Å². The first-order chi connectivity index (χ1) is 5.29. The quantitative estimate of drug-likeness (QED) is 0.297. The number of rotatable bonds is 0. The standard InChI is InChI=1S/C7H5NO3/c9-7-6-5(4-11-7)2-1-3-8(6)10/h1-3H,4H2. The van der Waals surface area contributed by atoms with Crippen LogP contribution in [0.15, 0.2) is 18.3 Å². The van der Waals surface area contributed by atoms with Crippen LogP contribution >= 0.6 is 0 Å². The summed E-state index contributed by atoms with van der Waals surface area (Å²) in [7, 11) is 0. The number of cyclic esters (lactones) is 1. The first-order valence-corrected chi connectivity index (χ1v) is 3.17. The Morgan fingerprint density at radius 1 is 1.64 bits per heavy atom. The normalized spacial score (nSPS) is 14.4. The fourth-order valence-corrected chi connectivity index (χ4v) is 1.08. The van der Waals surface area contributed by atoms with Gasteiger partial charge in [-0.2, -0.15) is 4.73 Å². The zero-order valence-electron chi connectivity index (χ0n) is 5.61. The van der Waals surface area contributed by atoms with E-state index in [0.717, 1.165) is 0 Å². The Morgan fingerprint density at radius 3 is 3.18 bits per heavy atom. The summed E-state index contributed by atoms with van der Waals surface area (Å²) in [4.78, 5) is 10.8. The summed E-state index contributed by atoms with van der Waals surface area (Å²) in [5, 5.41) is 10.9. The van der Waals surface area contributed by atoms with Gasteiger partial charge in [-0.15, -0.1) is 0 Å². The molecule has 0 atom stereocenters. The number of nitrogens with zero attached hydrogens (tertiary/aromatic N) is 1. The van der Waals surface area contributed by atoms with Gasteiger partial charge < -0.3 is 9.94 Å². The Hall–Kier alpha value is -1.58. The molecule has 0 amide bonds. The highest BCUT2D eigenvalue weighted by molar-refractivity contribution is 5.89. The molecule has 0 aromatic carbocycles. The van der Waals surface area contributed by atoms with Gasteiger partial charge in [-0.25, -0.2) is 4.79 Å². The van der Waals surface area contributed by atoms with Crippen molar-refractivity contribution in [3.05, 3.63) is 34.8 Å². The van der Waals surface area contributed by atoms with E-state index in [1.54, 1.807) is 12.1 Å². The van der Waals surface area contributed by atoms with Gasteiger partial charge in [0.1, 0.15) is 6.61 Å². The maximum atomic E-state index is 10.9. The molecule has 0 fully saturated rings. The molecule has 4 heteroatoms. The number of fused-ring (bicyclic) bond motifs is 1. The molecule has 2 rings (SSSR count). The Bertz CT molecular complexity index is 321. The predicted molar refractivity (Wildman–Crippen MR) is 34.5 cm³/mol. The van der Waals surface area contributed by atoms with Crippen LogP contribution in [0.25, 0.3) is 0 Å². The van der Waals surface area contributed by atoms with E-state index in [0.29, 0.717) is 10.3 Å². The molecular weight excluding hydrogens is 146 g/mol. The maximum absolute atomic E-state index is 10.9. The Kier molecular flexibility index (Phi) is 1.09. The minimum atomic E-state index is -0.532. The molecule has 1 aromatic rings. The second-order valence-corrected chi connectivity index (χ2v) is 2.28. The highest BCUT2D eigenvalue weighted by Crippen LogP contribution is 2.14. The molecule has 0 aliphatic carbocycles. The lowest BCUT2D eigenvalue weighted by molar-refractivity contribution is -0.608. The van der Waals surface area contributed by atoms with Crippen LogP contribution < -0.4 is 4.73 Å². The molecule has 0 unspecified atom stereocenters. The first-order valence-electron chi connectivity index (χ1n) is 3.17. The highest BCUT2D eigenvalue weighted by Gasteiger charge is 2.29. The van der Waals surface area contributed by atoms with E-state index in [1.165, 1.54) is 6.20 Å². The van der Waals surface area contributed by atoms with Crippen LogP contribution in [0.4, 0.5) is 0 Å². The topological polar surface area (TPSA) is 53.2 Å². The third kappa shape index (κ3) is 0.756. The maximum Gasteiger partial charge on any atom is 0.405 e. The van der Waals surface area contributed by atoms with Crippen LogP contribution in [0, 0.1) is 5.21 Å². The number of hydrogen-bond acceptors (Lipinski definition) is 3. The van der Waals surface area contributed by atoms with Gasteiger partial charge in [-0.3, -0.25) is 0 Å². The molecule has 11 heavy (non-hydrogen) atoms. The summed E-state index contributed by atoms with van der Waals surface area (Å²) < 4.78 is 5.18. The lowest BCUT2D eigenvalue weighted by Crippen LogP contribution is -2.33. The summed E-state index contributed by atoms with van der Waals surface area (Å²) in [5.74, 6) is -0.532. The van der Waals surface area contributed by atoms with Gasteiger partial charge >= 0.3 is 11.7 Å². The molecule has 56 valence electrons. The van der Waals surface area contributed by atoms with E-state index in [1.807, 2.05) is 0 Å². The van der Waals surface area contributed by atoms with Gasteiger partial charge in [0, 0.05) is 6.07 Å². The zero-order chi connectivity index (χ0) is 7.84. The second-order valence-electron chi connectivity index (χ2n) is 2.28. The fourth-order valence-electron chi connectivity index (χ4n) is 1.08. The Balaban J connectivity index is 2.68. The van der Waals surface area contributed by atoms with Crippen molar-refractivity contribution in [1.82, 2.24) is 0 Å². The van der Waals surface area contributed by atoms with Crippen molar-refractivity contribution in [1.29, 1.82) is 0 Å². The van der Waals surface area contributed by atoms with Crippen LogP contribution in [0.2, 0.25) is 0 Å². The number of hydrogen-bond donors (Lipinski definition) is 0. The van der Waals surface area contributed by atoms with Gasteiger partial charge in [0.05, 0.1) is 5.56 Å². The largest absolute Gasteiger partial charge is 0.618 e. The first kappa shape index (κ1) is 6.15. The zero-order valence-corrected chi connectivity index (χ0v) is 5.61. The molecule has 2 heterocycles. The molecule has 0 saturated carbocycles. The van der Waals surface area contributed by atoms with Crippen molar-refractivity contribution in [2.24, 2.45) is 0 Å². The molecule has 0 bridgehead atoms. The number of aromatic nitrogens is 1. The van der Waals surface area contributed by atoms with E-state index in [-0.39, 0.29) is 12.3 Å². The number of carbonyl (C=O) groups is 1. The third-order valence-electron chi connectivity index (χ3n) is 1.60. The van der Waals surface area contributed by atoms with Crippen LogP contribution in [0.5, 0.6) is 0 Å². The van der Waals surface area contributed by atoms with E-state index in [4.69, 9.17) is 0 Å². The third-order valence-corrected chi connectivity index (χ3v) is 1.60. The predicted octanol–water partition coefficient (Wildman–Crippen LogP) is -0.00960. The van der Waals surface area contributed by atoms with Crippen LogP contribution in [-0.4, -0.2) is 5.97 Å². The summed E-state index contributed by atoms with van der Waals surface area (Å²) >= 11 is 0. The smallest absolute Gasteiger partial charge is 0.405 e. The lowest BCUT2D eigenvalue weighted by Gasteiger charge is -1.96. The summed E-state index contributed by atoms with van der Waals surface area (Å²) in [6.07, 6.45) is 1.28. The van der Waals surface area contributed by atoms with Gasteiger partial charge in [-0.05, 0) is 6.07 Å². The Labute approximate surface area is 62.6 Å². The van der Waals surface area contributed by atoms with Gasteiger partial charge in [-0.1, -0.05) is 0 Å². The van der Waals surface area contributed by atoms with Crippen molar-refractivity contribution in [3.63, 3.8) is 0 Å². The second kappa shape index (κ2) is 1.95. The van der Waals surface area contributed by atoms with Crippen molar-refractivity contribution in [3.8, 4) is 0 Å². The molecular formula is C7H5NO3. The molecule has 0 N–H and O–H groups in total. The highest BCUT2D eigenvalue weighted by atomic mass is 16.5. The number of carbonyl (C=O) groups excluding carboxylic acids is 1. The summed E-state index contributed by atoms with van der Waals surface area (Å²) in [6, 6.07) is 3.29. The van der Waals surface area contributed by atoms with Crippen molar-refractivity contribution in [2.45, 2.75) is 6.61 Å². The number of pyridine rings is 1. The fraction of sp³-hybridized carbons (Fsp3) is 0.143. The number of esters is 1. The summed E-state index contributed by atoms with van der Waals surface area (Å²) in [5.41, 5.74) is 0.778. The molecule has 1 aromatic heterocycles. The van der Waals surface area contributed by atoms with E-state index in [2.05, 4.69) is 4.74 Å². The van der Waals surface area contributed by atoms with Crippen LogP contribution in [-0.2, 0) is 11.3 Å². The van der Waals surface area contributed by atoms with E-state index < -0.39 is 5.97 Å². The summed E-state index contributed by atoms with van der Waals surface area (Å²) in [6.45, 7) is 0.219. The Morgan fingerprint density at radius 2 is 2.45 bits per heavy atom. The number of ether oxygens (including phenoxy) is 1. The molecule has 1 aliphatic heterocycles. The van der Waals surface area contributed by atoms with Gasteiger partial charge in [0.2, 0.25) is 0 Å². The molecule has 1 aliphatic rings. The average molecular weight is 151 g/mol. The SMILES string of the molecule is O=C1OCc2ccc[n+]([O-])c21. The van der Waals surface area contributed by atoms with Gasteiger partial charge in [0.25, 0.3) is 0 Å². The molecule has 0 spiro atoms. The van der Waals surface area contributed by atoms with E-state index in [9.17, 15) is 10.0 Å². The van der Waals surface area contributed by atoms with Crippen LogP contribution in [0.1, 0.15) is 16.1 Å². The van der Waals surface area contributed by atoms with E-state index >= 15 is 0 Å². The minimum Gasteiger partial charge on any atom is -0.618 e. The average Bonchev–Trinajstić information content (AvgIpc) is 2.34. The molecule has 0 radical (unpaired) electrons. The van der Waals surface area contributed by atoms with Crippen molar-refractivity contribution in [2.75, 3.05) is 0 Å². The monoisotopic (exact) mass is 151 g/mol. The lowest BCUT2D eigenvalue weighted by atomic mass is 10.2. The van der Waals surface area contributed by atoms with Crippen LogP contribution in [0.3, 0.4) is 0 Å². The minimum absolute atomic E-state index is 0.118. The van der Waals surface area contributed by atoms with Crippen molar-refractivity contribution < 1.29 is 14.3 Å². The molecule has 4 nitrogen and oxygen atoms in total. The molecule has 0 saturated heterocycles.